The Bertz CT molecular complexity index is 258. The molecule has 1 heteroatoms. The van der Waals surface area contributed by atoms with E-state index in [9.17, 15) is 0 Å². The summed E-state index contributed by atoms with van der Waals surface area (Å²) in [5, 5.41) is 0. The molecule has 5 unspecified atom stereocenters. The molecule has 100 valence electrons. The van der Waals surface area contributed by atoms with E-state index < -0.39 is 0 Å². The quantitative estimate of drug-likeness (QED) is 0.726. The molecule has 2 rings (SSSR count). The average molecular weight is 237 g/mol. The van der Waals surface area contributed by atoms with Crippen LogP contribution in [0.3, 0.4) is 0 Å². The molecular weight excluding hydrogens is 206 g/mol. The summed E-state index contributed by atoms with van der Waals surface area (Å²) in [5.74, 6) is 3.55. The summed E-state index contributed by atoms with van der Waals surface area (Å²) >= 11 is 0. The van der Waals surface area contributed by atoms with E-state index in [2.05, 4.69) is 27.7 Å². The van der Waals surface area contributed by atoms with Crippen molar-refractivity contribution in [2.45, 2.75) is 72.3 Å². The molecule has 0 spiro atoms. The highest BCUT2D eigenvalue weighted by atomic mass is 14.7. The van der Waals surface area contributed by atoms with Crippen LogP contribution < -0.4 is 5.73 Å². The molecule has 0 aromatic heterocycles. The van der Waals surface area contributed by atoms with Crippen LogP contribution >= 0.6 is 0 Å². The molecule has 0 aromatic rings. The highest BCUT2D eigenvalue weighted by molar-refractivity contribution is 4.92. The molecule has 0 radical (unpaired) electrons. The third-order valence-electron chi connectivity index (χ3n) is 5.74. The van der Waals surface area contributed by atoms with Gasteiger partial charge >= 0.3 is 0 Å². The minimum Gasteiger partial charge on any atom is -0.327 e. The predicted octanol–water partition coefficient (Wildman–Crippen LogP) is 4.21. The van der Waals surface area contributed by atoms with Gasteiger partial charge in [-0.1, -0.05) is 34.1 Å². The van der Waals surface area contributed by atoms with Gasteiger partial charge in [0, 0.05) is 6.04 Å². The van der Waals surface area contributed by atoms with Crippen molar-refractivity contribution in [2.24, 2.45) is 34.8 Å². The highest BCUT2D eigenvalue weighted by Gasteiger charge is 2.39. The maximum atomic E-state index is 6.41. The molecule has 0 aromatic carbocycles. The normalized spacial score (nSPS) is 46.8. The number of hydrogen-bond donors (Lipinski definition) is 1. The molecule has 2 N–H and O–H groups in total. The standard InChI is InChI=1S/C16H31N/c1-11-5-6-13(9-12(11)2)14-10-16(3,4)8-7-15(14)17/h11-15H,5-10,17H2,1-4H3. The molecule has 0 bridgehead atoms. The van der Waals surface area contributed by atoms with Crippen LogP contribution in [0.25, 0.3) is 0 Å². The van der Waals surface area contributed by atoms with E-state index in [1.165, 1.54) is 38.5 Å². The summed E-state index contributed by atoms with van der Waals surface area (Å²) < 4.78 is 0. The zero-order valence-corrected chi connectivity index (χ0v) is 12.2. The van der Waals surface area contributed by atoms with Crippen LogP contribution in [0.2, 0.25) is 0 Å². The van der Waals surface area contributed by atoms with Gasteiger partial charge in [0.25, 0.3) is 0 Å². The summed E-state index contributed by atoms with van der Waals surface area (Å²) in [4.78, 5) is 0. The minimum absolute atomic E-state index is 0.480. The molecular formula is C16H31N. The molecule has 0 saturated heterocycles. The van der Waals surface area contributed by atoms with E-state index in [0.29, 0.717) is 11.5 Å². The first-order valence-corrected chi connectivity index (χ1v) is 7.64. The Morgan fingerprint density at radius 1 is 1.00 bits per heavy atom. The van der Waals surface area contributed by atoms with Gasteiger partial charge < -0.3 is 5.73 Å². The second-order valence-electron chi connectivity index (χ2n) is 7.76. The van der Waals surface area contributed by atoms with E-state index in [0.717, 1.165) is 23.7 Å². The molecule has 0 heterocycles. The first-order chi connectivity index (χ1) is 7.89. The topological polar surface area (TPSA) is 26.0 Å². The largest absolute Gasteiger partial charge is 0.327 e. The number of nitrogens with two attached hydrogens (primary N) is 1. The van der Waals surface area contributed by atoms with Gasteiger partial charge in [-0.05, 0) is 61.2 Å². The molecule has 0 amide bonds. The van der Waals surface area contributed by atoms with Crippen molar-refractivity contribution < 1.29 is 0 Å². The van der Waals surface area contributed by atoms with Gasteiger partial charge in [-0.15, -0.1) is 0 Å². The van der Waals surface area contributed by atoms with Gasteiger partial charge in [0.1, 0.15) is 0 Å². The van der Waals surface area contributed by atoms with Gasteiger partial charge in [0.15, 0.2) is 0 Å². The van der Waals surface area contributed by atoms with E-state index in [1.807, 2.05) is 0 Å². The lowest BCUT2D eigenvalue weighted by atomic mass is 9.61. The minimum atomic E-state index is 0.480. The predicted molar refractivity (Wildman–Crippen MR) is 74.8 cm³/mol. The van der Waals surface area contributed by atoms with Crippen LogP contribution in [0.1, 0.15) is 66.2 Å². The molecule has 2 aliphatic carbocycles. The van der Waals surface area contributed by atoms with Crippen molar-refractivity contribution in [3.8, 4) is 0 Å². The zero-order chi connectivity index (χ0) is 12.6. The molecule has 2 aliphatic rings. The molecule has 5 atom stereocenters. The van der Waals surface area contributed by atoms with Crippen molar-refractivity contribution >= 4 is 0 Å². The second-order valence-corrected chi connectivity index (χ2v) is 7.76. The summed E-state index contributed by atoms with van der Waals surface area (Å²) in [6.07, 6.45) is 8.21. The third-order valence-corrected chi connectivity index (χ3v) is 5.74. The maximum absolute atomic E-state index is 6.41. The fourth-order valence-electron chi connectivity index (χ4n) is 4.16. The molecule has 1 nitrogen and oxygen atoms in total. The Morgan fingerprint density at radius 3 is 2.35 bits per heavy atom. The molecule has 2 saturated carbocycles. The summed E-state index contributed by atoms with van der Waals surface area (Å²) in [6, 6.07) is 0.480. The first kappa shape index (κ1) is 13.4. The van der Waals surface area contributed by atoms with Crippen LogP contribution in [-0.2, 0) is 0 Å². The Labute approximate surface area is 108 Å². The first-order valence-electron chi connectivity index (χ1n) is 7.64. The van der Waals surface area contributed by atoms with Gasteiger partial charge in [-0.3, -0.25) is 0 Å². The van der Waals surface area contributed by atoms with E-state index in [1.54, 1.807) is 0 Å². The highest BCUT2D eigenvalue weighted by Crippen LogP contribution is 2.46. The monoisotopic (exact) mass is 237 g/mol. The Morgan fingerprint density at radius 2 is 1.71 bits per heavy atom. The SMILES string of the molecule is CC1CCC(C2CC(C)(C)CCC2N)CC1C. The van der Waals surface area contributed by atoms with Crippen LogP contribution in [0.15, 0.2) is 0 Å². The van der Waals surface area contributed by atoms with Crippen LogP contribution in [0.5, 0.6) is 0 Å². The lowest BCUT2D eigenvalue weighted by molar-refractivity contribution is 0.0678. The van der Waals surface area contributed by atoms with Gasteiger partial charge in [-0.25, -0.2) is 0 Å². The fraction of sp³-hybridized carbons (Fsp3) is 1.00. The van der Waals surface area contributed by atoms with Crippen molar-refractivity contribution in [1.29, 1.82) is 0 Å². The van der Waals surface area contributed by atoms with Gasteiger partial charge in [0.05, 0.1) is 0 Å². The average Bonchev–Trinajstić information content (AvgIpc) is 2.26. The lowest BCUT2D eigenvalue weighted by Gasteiger charge is -2.46. The van der Waals surface area contributed by atoms with Gasteiger partial charge in [-0.2, -0.15) is 0 Å². The molecule has 2 fully saturated rings. The zero-order valence-electron chi connectivity index (χ0n) is 12.2. The summed E-state index contributed by atoms with van der Waals surface area (Å²) in [7, 11) is 0. The Hall–Kier alpha value is -0.0400. The van der Waals surface area contributed by atoms with E-state index in [4.69, 9.17) is 5.73 Å². The van der Waals surface area contributed by atoms with Crippen LogP contribution in [0, 0.1) is 29.1 Å². The Kier molecular flexibility index (Phi) is 3.87. The third kappa shape index (κ3) is 3.05. The van der Waals surface area contributed by atoms with E-state index >= 15 is 0 Å². The number of rotatable bonds is 1. The summed E-state index contributed by atoms with van der Waals surface area (Å²) in [6.45, 7) is 9.73. The van der Waals surface area contributed by atoms with E-state index in [-0.39, 0.29) is 0 Å². The number of hydrogen-bond acceptors (Lipinski definition) is 1. The smallest absolute Gasteiger partial charge is 0.00702 e. The molecule has 0 aliphatic heterocycles. The van der Waals surface area contributed by atoms with Crippen molar-refractivity contribution in [3.63, 3.8) is 0 Å². The fourth-order valence-corrected chi connectivity index (χ4v) is 4.16. The molecule has 17 heavy (non-hydrogen) atoms. The maximum Gasteiger partial charge on any atom is 0.00702 e. The van der Waals surface area contributed by atoms with Gasteiger partial charge in [0.2, 0.25) is 0 Å². The van der Waals surface area contributed by atoms with Crippen molar-refractivity contribution in [1.82, 2.24) is 0 Å². The van der Waals surface area contributed by atoms with Crippen LogP contribution in [0.4, 0.5) is 0 Å². The lowest BCUT2D eigenvalue weighted by Crippen LogP contribution is -2.44. The summed E-state index contributed by atoms with van der Waals surface area (Å²) in [5.41, 5.74) is 6.95. The van der Waals surface area contributed by atoms with Crippen LogP contribution in [-0.4, -0.2) is 6.04 Å². The van der Waals surface area contributed by atoms with Crippen molar-refractivity contribution in [2.75, 3.05) is 0 Å². The van der Waals surface area contributed by atoms with Crippen molar-refractivity contribution in [3.05, 3.63) is 0 Å². The second kappa shape index (κ2) is 4.91. The Balaban J connectivity index is 2.00.